The fourth-order valence-corrected chi connectivity index (χ4v) is 2.11. The fraction of sp³-hybridized carbons (Fsp3) is 0.818. The number of aliphatic hydroxyl groups excluding tert-OH is 4. The lowest BCUT2D eigenvalue weighted by molar-refractivity contribution is -0.156. The Kier molecular flexibility index (Phi) is 4.19. The van der Waals surface area contributed by atoms with E-state index in [1.807, 2.05) is 0 Å². The first kappa shape index (κ1) is 16.1. The zero-order valence-corrected chi connectivity index (χ0v) is 11.0. The van der Waals surface area contributed by atoms with E-state index in [1.165, 1.54) is 0 Å². The van der Waals surface area contributed by atoms with Crippen LogP contribution in [0.1, 0.15) is 13.3 Å². The van der Waals surface area contributed by atoms with Crippen molar-refractivity contribution in [2.45, 2.75) is 55.9 Å². The molecule has 0 bridgehead atoms. The van der Waals surface area contributed by atoms with Gasteiger partial charge in [0.15, 0.2) is 6.10 Å². The molecule has 0 saturated carbocycles. The van der Waals surface area contributed by atoms with Gasteiger partial charge in [-0.05, 0) is 0 Å². The topological polar surface area (TPSA) is 172 Å². The molecule has 0 spiro atoms. The molecule has 21 heavy (non-hydrogen) atoms. The molecular formula is C11H17NO9. The zero-order valence-electron chi connectivity index (χ0n) is 11.0. The van der Waals surface area contributed by atoms with Gasteiger partial charge in [0.25, 0.3) is 5.79 Å². The third kappa shape index (κ3) is 3.15. The second-order valence-corrected chi connectivity index (χ2v) is 5.11. The van der Waals surface area contributed by atoms with E-state index in [0.717, 1.165) is 6.92 Å². The minimum absolute atomic E-state index is 0.609. The molecule has 0 aromatic heterocycles. The third-order valence-electron chi connectivity index (χ3n) is 3.43. The van der Waals surface area contributed by atoms with Crippen molar-refractivity contribution < 1.29 is 44.6 Å². The van der Waals surface area contributed by atoms with E-state index < -0.39 is 60.8 Å². The van der Waals surface area contributed by atoms with Gasteiger partial charge in [-0.25, -0.2) is 4.79 Å². The summed E-state index contributed by atoms with van der Waals surface area (Å²) in [6, 6.07) is -1.39. The molecule has 10 heteroatoms. The Bertz CT molecular complexity index is 435. The molecule has 5 unspecified atom stereocenters. The van der Waals surface area contributed by atoms with Crippen molar-refractivity contribution in [1.82, 2.24) is 5.32 Å². The Morgan fingerprint density at radius 3 is 2.14 bits per heavy atom. The summed E-state index contributed by atoms with van der Waals surface area (Å²) in [5, 5.41) is 49.8. The summed E-state index contributed by atoms with van der Waals surface area (Å²) >= 11 is 0. The van der Waals surface area contributed by atoms with E-state index in [2.05, 4.69) is 5.32 Å². The molecule has 2 fully saturated rings. The number of nitrogens with one attached hydrogen (secondary N) is 1. The third-order valence-corrected chi connectivity index (χ3v) is 3.43. The predicted octanol–water partition coefficient (Wildman–Crippen LogP) is -3.51. The van der Waals surface area contributed by atoms with E-state index in [4.69, 9.17) is 14.6 Å². The van der Waals surface area contributed by atoms with Crippen LogP contribution < -0.4 is 5.32 Å². The number of hydrogen-bond acceptors (Lipinski definition) is 8. The van der Waals surface area contributed by atoms with Gasteiger partial charge in [0.05, 0.1) is 12.1 Å². The van der Waals surface area contributed by atoms with Crippen LogP contribution in [0.15, 0.2) is 0 Å². The van der Waals surface area contributed by atoms with Crippen molar-refractivity contribution in [2.75, 3.05) is 0 Å². The number of epoxide rings is 2. The molecule has 2 aliphatic heterocycles. The second kappa shape index (κ2) is 5.48. The maximum Gasteiger partial charge on any atom is 0.332 e. The van der Waals surface area contributed by atoms with Gasteiger partial charge in [-0.3, -0.25) is 4.79 Å². The van der Waals surface area contributed by atoms with Gasteiger partial charge in [0, 0.05) is 13.3 Å². The lowest BCUT2D eigenvalue weighted by Gasteiger charge is -2.31. The molecule has 5 atom stereocenters. The van der Waals surface area contributed by atoms with Gasteiger partial charge in [-0.15, -0.1) is 0 Å². The van der Waals surface area contributed by atoms with Gasteiger partial charge < -0.3 is 40.3 Å². The predicted molar refractivity (Wildman–Crippen MR) is 62.6 cm³/mol. The highest BCUT2D eigenvalue weighted by Gasteiger charge is 2.82. The smallest absolute Gasteiger partial charge is 0.332 e. The van der Waals surface area contributed by atoms with Gasteiger partial charge in [-0.1, -0.05) is 0 Å². The molecule has 2 rings (SSSR count). The molecule has 0 aliphatic carbocycles. The number of rotatable bonds is 8. The van der Waals surface area contributed by atoms with Crippen LogP contribution in [0.25, 0.3) is 0 Å². The Hall–Kier alpha value is -1.30. The fourth-order valence-electron chi connectivity index (χ4n) is 2.11. The standard InChI is InChI=1S/C11H17NO9/c1-3(13)12-6(4(14)2-5(15)9(18)19)7(16)8(17)11-10(20-11)21-11/h4-8,10,14-17H,2H2,1H3,(H,12,13)(H,18,19). The SMILES string of the molecule is CC(=O)NC(C(O)CC(O)C(=O)O)C(O)C(O)C12OC1O2. The number of aliphatic carboxylic acids is 1. The number of aliphatic hydroxyl groups is 4. The normalized spacial score (nSPS) is 33.1. The first-order chi connectivity index (χ1) is 9.69. The van der Waals surface area contributed by atoms with Gasteiger partial charge in [-0.2, -0.15) is 0 Å². The number of hydrogen-bond donors (Lipinski definition) is 6. The quantitative estimate of drug-likeness (QED) is 0.249. The van der Waals surface area contributed by atoms with E-state index in [9.17, 15) is 30.0 Å². The zero-order chi connectivity index (χ0) is 15.9. The van der Waals surface area contributed by atoms with Crippen LogP contribution in [-0.2, 0) is 19.1 Å². The first-order valence-electron chi connectivity index (χ1n) is 6.27. The molecule has 10 nitrogen and oxygen atoms in total. The minimum Gasteiger partial charge on any atom is -0.479 e. The number of ether oxygens (including phenoxy) is 2. The summed E-state index contributed by atoms with van der Waals surface area (Å²) in [7, 11) is 0. The number of fused-ring (bicyclic) bond motifs is 1. The largest absolute Gasteiger partial charge is 0.479 e. The van der Waals surface area contributed by atoms with E-state index >= 15 is 0 Å². The molecule has 120 valence electrons. The van der Waals surface area contributed by atoms with Crippen LogP contribution in [0.5, 0.6) is 0 Å². The molecule has 6 N–H and O–H groups in total. The summed E-state index contributed by atoms with van der Waals surface area (Å²) in [4.78, 5) is 21.7. The number of carboxylic acids is 1. The molecule has 0 aromatic rings. The van der Waals surface area contributed by atoms with Gasteiger partial charge >= 0.3 is 5.97 Å². The number of amides is 1. The van der Waals surface area contributed by atoms with Crippen LogP contribution >= 0.6 is 0 Å². The van der Waals surface area contributed by atoms with Crippen molar-refractivity contribution in [2.24, 2.45) is 0 Å². The van der Waals surface area contributed by atoms with E-state index in [1.54, 1.807) is 0 Å². The number of carbonyl (C=O) groups is 2. The molecular weight excluding hydrogens is 290 g/mol. The van der Waals surface area contributed by atoms with Crippen LogP contribution in [0, 0.1) is 0 Å². The number of carboxylic acid groups (broad SMARTS) is 1. The monoisotopic (exact) mass is 307 g/mol. The Morgan fingerprint density at radius 2 is 1.76 bits per heavy atom. The molecule has 2 heterocycles. The highest BCUT2D eigenvalue weighted by Crippen LogP contribution is 2.59. The molecule has 1 amide bonds. The lowest BCUT2D eigenvalue weighted by atomic mass is 9.94. The van der Waals surface area contributed by atoms with Crippen molar-refractivity contribution in [3.8, 4) is 0 Å². The van der Waals surface area contributed by atoms with Crippen LogP contribution in [0.3, 0.4) is 0 Å². The molecule has 2 saturated heterocycles. The Balaban J connectivity index is 2.02. The maximum absolute atomic E-state index is 11.1. The highest BCUT2D eigenvalue weighted by molar-refractivity contribution is 5.73. The minimum atomic E-state index is -1.87. The van der Waals surface area contributed by atoms with Crippen LogP contribution in [0.2, 0.25) is 0 Å². The average Bonchev–Trinajstić information content (AvgIpc) is 3.22. The van der Waals surface area contributed by atoms with Crippen molar-refractivity contribution >= 4 is 11.9 Å². The van der Waals surface area contributed by atoms with Crippen molar-refractivity contribution in [1.29, 1.82) is 0 Å². The summed E-state index contributed by atoms with van der Waals surface area (Å²) < 4.78 is 9.72. The van der Waals surface area contributed by atoms with Gasteiger partial charge in [0.1, 0.15) is 12.2 Å². The number of carbonyl (C=O) groups excluding carboxylic acids is 1. The van der Waals surface area contributed by atoms with Crippen LogP contribution in [-0.4, -0.2) is 79.9 Å². The maximum atomic E-state index is 11.1. The van der Waals surface area contributed by atoms with Crippen LogP contribution in [0.4, 0.5) is 0 Å². The van der Waals surface area contributed by atoms with Gasteiger partial charge in [0.2, 0.25) is 12.2 Å². The molecule has 0 radical (unpaired) electrons. The molecule has 0 aromatic carbocycles. The van der Waals surface area contributed by atoms with Crippen molar-refractivity contribution in [3.63, 3.8) is 0 Å². The Labute approximate surface area is 118 Å². The summed E-state index contributed by atoms with van der Waals surface area (Å²) in [6.07, 6.45) is -7.92. The van der Waals surface area contributed by atoms with Crippen molar-refractivity contribution in [3.05, 3.63) is 0 Å². The highest BCUT2D eigenvalue weighted by atomic mass is 17.0. The lowest BCUT2D eigenvalue weighted by Crippen LogP contribution is -2.57. The first-order valence-corrected chi connectivity index (χ1v) is 6.27. The molecule has 2 aliphatic rings. The summed E-state index contributed by atoms with van der Waals surface area (Å²) in [5.41, 5.74) is 0. The average molecular weight is 307 g/mol. The van der Waals surface area contributed by atoms with E-state index in [-0.39, 0.29) is 0 Å². The summed E-state index contributed by atoms with van der Waals surface area (Å²) in [5.74, 6) is -3.47. The van der Waals surface area contributed by atoms with E-state index in [0.29, 0.717) is 0 Å². The second-order valence-electron chi connectivity index (χ2n) is 5.11. The Morgan fingerprint density at radius 1 is 1.24 bits per heavy atom. The summed E-state index contributed by atoms with van der Waals surface area (Å²) in [6.45, 7) is 1.12.